The topological polar surface area (TPSA) is 50.4 Å². The van der Waals surface area contributed by atoms with Gasteiger partial charge in [-0.15, -0.1) is 0 Å². The zero-order valence-corrected chi connectivity index (χ0v) is 18.1. The molecule has 0 unspecified atom stereocenters. The van der Waals surface area contributed by atoms with Crippen molar-refractivity contribution in [1.29, 1.82) is 0 Å². The fourth-order valence-corrected chi connectivity index (χ4v) is 3.92. The number of hydrogen-bond acceptors (Lipinski definition) is 3. The van der Waals surface area contributed by atoms with Gasteiger partial charge >= 0.3 is 0 Å². The van der Waals surface area contributed by atoms with Gasteiger partial charge in [0.1, 0.15) is 5.75 Å². The van der Waals surface area contributed by atoms with Gasteiger partial charge in [-0.1, -0.05) is 31.9 Å². The van der Waals surface area contributed by atoms with E-state index < -0.39 is 0 Å². The summed E-state index contributed by atoms with van der Waals surface area (Å²) in [6, 6.07) is 11.2. The highest BCUT2D eigenvalue weighted by atomic mass is 79.9. The molecule has 126 valence electrons. The molecule has 0 bridgehead atoms. The molecule has 0 aliphatic heterocycles. The molecular weight excluding hydrogens is 524 g/mol. The minimum atomic E-state index is -0.334. The summed E-state index contributed by atoms with van der Waals surface area (Å²) in [5.41, 5.74) is 1.70. The average molecular weight is 537 g/mol. The second-order valence-electron chi connectivity index (χ2n) is 4.83. The van der Waals surface area contributed by atoms with Crippen LogP contribution < -0.4 is 15.4 Å². The number of ether oxygens (including phenoxy) is 1. The van der Waals surface area contributed by atoms with Gasteiger partial charge in [0.05, 0.1) is 4.47 Å². The summed E-state index contributed by atoms with van der Waals surface area (Å²) in [5.74, 6) is 0.291. The molecule has 0 saturated carbocycles. The first-order valence-corrected chi connectivity index (χ1v) is 9.58. The Balaban J connectivity index is 1.87. The van der Waals surface area contributed by atoms with Crippen molar-refractivity contribution in [3.63, 3.8) is 0 Å². The van der Waals surface area contributed by atoms with Gasteiger partial charge in [-0.3, -0.25) is 10.1 Å². The summed E-state index contributed by atoms with van der Waals surface area (Å²) in [6.07, 6.45) is 0. The predicted octanol–water partition coefficient (Wildman–Crippen LogP) is 5.17. The molecule has 2 rings (SSSR count). The normalized spacial score (nSPS) is 10.2. The molecule has 0 saturated heterocycles. The number of hydrogen-bond donors (Lipinski definition) is 2. The Morgan fingerprint density at radius 2 is 1.79 bits per heavy atom. The third-order valence-corrected chi connectivity index (χ3v) is 4.68. The van der Waals surface area contributed by atoms with Gasteiger partial charge in [-0.2, -0.15) is 0 Å². The van der Waals surface area contributed by atoms with Crippen LogP contribution in [0.15, 0.2) is 49.8 Å². The highest BCUT2D eigenvalue weighted by Crippen LogP contribution is 2.32. The summed E-state index contributed by atoms with van der Waals surface area (Å²) in [4.78, 5) is 12.0. The van der Waals surface area contributed by atoms with E-state index in [2.05, 4.69) is 58.4 Å². The molecule has 0 heterocycles. The molecule has 2 N–H and O–H groups in total. The standard InChI is InChI=1S/C16H13Br3N2O2S/c1-9-6-11(18)7-13(19)15(9)23-8-14(22)21-16(24)20-12-4-2-10(17)3-5-12/h2-7H,8H2,1H3,(H2,20,21,22,24). The largest absolute Gasteiger partial charge is 0.482 e. The molecular formula is C16H13Br3N2O2S. The van der Waals surface area contributed by atoms with Crippen LogP contribution in [0.5, 0.6) is 5.75 Å². The van der Waals surface area contributed by atoms with Crippen molar-refractivity contribution in [2.75, 3.05) is 11.9 Å². The second-order valence-corrected chi connectivity index (χ2v) is 7.93. The molecule has 2 aromatic carbocycles. The Kier molecular flexibility index (Phi) is 7.21. The number of carbonyl (C=O) groups excluding carboxylic acids is 1. The van der Waals surface area contributed by atoms with E-state index in [1.165, 1.54) is 0 Å². The van der Waals surface area contributed by atoms with Crippen LogP contribution in [0, 0.1) is 6.92 Å². The molecule has 0 aromatic heterocycles. The maximum atomic E-state index is 12.0. The molecule has 2 aromatic rings. The lowest BCUT2D eigenvalue weighted by Gasteiger charge is -2.13. The SMILES string of the molecule is Cc1cc(Br)cc(Br)c1OCC(=O)NC(=S)Nc1ccc(Br)cc1. The Labute approximate surface area is 170 Å². The van der Waals surface area contributed by atoms with Gasteiger partial charge in [-0.25, -0.2) is 0 Å². The number of thiocarbonyl (C=S) groups is 1. The van der Waals surface area contributed by atoms with Gasteiger partial charge in [0.25, 0.3) is 5.91 Å². The molecule has 4 nitrogen and oxygen atoms in total. The van der Waals surface area contributed by atoms with Gasteiger partial charge in [0.15, 0.2) is 11.7 Å². The highest BCUT2D eigenvalue weighted by Gasteiger charge is 2.11. The summed E-state index contributed by atoms with van der Waals surface area (Å²) in [5, 5.41) is 5.74. The zero-order valence-electron chi connectivity index (χ0n) is 12.5. The molecule has 1 amide bonds. The number of benzene rings is 2. The van der Waals surface area contributed by atoms with Gasteiger partial charge in [0, 0.05) is 14.6 Å². The van der Waals surface area contributed by atoms with Crippen LogP contribution in [0.3, 0.4) is 0 Å². The lowest BCUT2D eigenvalue weighted by Crippen LogP contribution is -2.37. The van der Waals surface area contributed by atoms with Crippen molar-refractivity contribution in [2.24, 2.45) is 0 Å². The lowest BCUT2D eigenvalue weighted by molar-refractivity contribution is -0.121. The van der Waals surface area contributed by atoms with Gasteiger partial charge < -0.3 is 10.1 Å². The molecule has 0 aliphatic carbocycles. The van der Waals surface area contributed by atoms with Crippen molar-refractivity contribution >= 4 is 76.7 Å². The third-order valence-electron chi connectivity index (χ3n) is 2.90. The van der Waals surface area contributed by atoms with Crippen LogP contribution in [0.4, 0.5) is 5.69 Å². The van der Waals surface area contributed by atoms with Crippen LogP contribution >= 0.6 is 60.0 Å². The van der Waals surface area contributed by atoms with E-state index in [9.17, 15) is 4.79 Å². The number of halogens is 3. The van der Waals surface area contributed by atoms with Crippen LogP contribution in [-0.2, 0) is 4.79 Å². The number of aryl methyl sites for hydroxylation is 1. The molecule has 24 heavy (non-hydrogen) atoms. The maximum absolute atomic E-state index is 12.0. The molecule has 0 spiro atoms. The van der Waals surface area contributed by atoms with Crippen molar-refractivity contribution in [3.05, 3.63) is 55.4 Å². The van der Waals surface area contributed by atoms with Crippen LogP contribution in [0.25, 0.3) is 0 Å². The minimum Gasteiger partial charge on any atom is -0.482 e. The van der Waals surface area contributed by atoms with E-state index in [0.29, 0.717) is 5.75 Å². The van der Waals surface area contributed by atoms with Gasteiger partial charge in [-0.05, 0) is 77.0 Å². The van der Waals surface area contributed by atoms with E-state index in [1.54, 1.807) is 0 Å². The average Bonchev–Trinajstić information content (AvgIpc) is 2.48. The second kappa shape index (κ2) is 8.94. The first kappa shape index (κ1) is 19.4. The van der Waals surface area contributed by atoms with Gasteiger partial charge in [0.2, 0.25) is 0 Å². The van der Waals surface area contributed by atoms with Crippen LogP contribution in [0.2, 0.25) is 0 Å². The van der Waals surface area contributed by atoms with Crippen LogP contribution in [-0.4, -0.2) is 17.6 Å². The molecule has 0 fully saturated rings. The number of anilines is 1. The van der Waals surface area contributed by atoms with Crippen molar-refractivity contribution in [2.45, 2.75) is 6.92 Å². The summed E-state index contributed by atoms with van der Waals surface area (Å²) in [6.45, 7) is 1.77. The Morgan fingerprint density at radius 1 is 1.12 bits per heavy atom. The molecule has 8 heteroatoms. The zero-order chi connectivity index (χ0) is 17.7. The highest BCUT2D eigenvalue weighted by molar-refractivity contribution is 9.11. The van der Waals surface area contributed by atoms with E-state index >= 15 is 0 Å². The van der Waals surface area contributed by atoms with E-state index in [0.717, 1.165) is 24.7 Å². The Hall–Kier alpha value is -0.960. The number of rotatable bonds is 4. The Morgan fingerprint density at radius 3 is 2.42 bits per heavy atom. The smallest absolute Gasteiger partial charge is 0.264 e. The monoisotopic (exact) mass is 534 g/mol. The molecule has 0 atom stereocenters. The fourth-order valence-electron chi connectivity index (χ4n) is 1.87. The van der Waals surface area contributed by atoms with Crippen molar-refractivity contribution in [1.82, 2.24) is 5.32 Å². The first-order valence-electron chi connectivity index (χ1n) is 6.80. The quantitative estimate of drug-likeness (QED) is 0.529. The molecule has 0 aliphatic rings. The van der Waals surface area contributed by atoms with Crippen LogP contribution in [0.1, 0.15) is 5.56 Å². The third kappa shape index (κ3) is 5.84. The number of carbonyl (C=O) groups is 1. The van der Waals surface area contributed by atoms with E-state index in [-0.39, 0.29) is 17.6 Å². The lowest BCUT2D eigenvalue weighted by atomic mass is 10.2. The summed E-state index contributed by atoms with van der Waals surface area (Å²) < 4.78 is 8.25. The van der Waals surface area contributed by atoms with Crippen molar-refractivity contribution in [3.8, 4) is 5.75 Å². The van der Waals surface area contributed by atoms with E-state index in [4.69, 9.17) is 17.0 Å². The number of nitrogens with one attached hydrogen (secondary N) is 2. The minimum absolute atomic E-state index is 0.136. The Bertz CT molecular complexity index is 743. The van der Waals surface area contributed by atoms with Crippen molar-refractivity contribution < 1.29 is 9.53 Å². The molecule has 0 radical (unpaired) electrons. The summed E-state index contributed by atoms with van der Waals surface area (Å²) in [7, 11) is 0. The maximum Gasteiger partial charge on any atom is 0.264 e. The predicted molar refractivity (Wildman–Crippen MR) is 111 cm³/mol. The first-order chi connectivity index (χ1) is 11.3. The van der Waals surface area contributed by atoms with E-state index in [1.807, 2.05) is 43.3 Å². The fraction of sp³-hybridized carbons (Fsp3) is 0.125. The number of amides is 1. The summed E-state index contributed by atoms with van der Waals surface area (Å²) >= 11 is 15.3.